The molecule has 1 aromatic carbocycles. The zero-order chi connectivity index (χ0) is 24.0. The smallest absolute Gasteiger partial charge is 0.319 e. The summed E-state index contributed by atoms with van der Waals surface area (Å²) in [6.07, 6.45) is 5.45. The van der Waals surface area contributed by atoms with Gasteiger partial charge in [-0.1, -0.05) is 6.07 Å². The fourth-order valence-electron chi connectivity index (χ4n) is 4.11. The predicted octanol–water partition coefficient (Wildman–Crippen LogP) is 1.33. The summed E-state index contributed by atoms with van der Waals surface area (Å²) in [5.74, 6) is 0.126. The molecule has 0 spiro atoms. The monoisotopic (exact) mass is 486 g/mol. The van der Waals surface area contributed by atoms with Gasteiger partial charge in [0, 0.05) is 63.9 Å². The number of carbonyl (C=O) groups is 2. The van der Waals surface area contributed by atoms with Crippen molar-refractivity contribution in [3.63, 3.8) is 0 Å². The number of anilines is 1. The molecule has 1 aromatic heterocycles. The summed E-state index contributed by atoms with van der Waals surface area (Å²) < 4.78 is 27.5. The normalized spacial score (nSPS) is 17.5. The van der Waals surface area contributed by atoms with Crippen LogP contribution in [0.2, 0.25) is 0 Å². The van der Waals surface area contributed by atoms with E-state index < -0.39 is 10.0 Å². The van der Waals surface area contributed by atoms with Gasteiger partial charge in [-0.2, -0.15) is 4.31 Å². The molecule has 2 fully saturated rings. The van der Waals surface area contributed by atoms with Crippen LogP contribution >= 0.6 is 0 Å². The third-order valence-electron chi connectivity index (χ3n) is 6.07. The fourth-order valence-corrected chi connectivity index (χ4v) is 5.53. The summed E-state index contributed by atoms with van der Waals surface area (Å²) in [5, 5.41) is 5.43. The third kappa shape index (κ3) is 6.10. The topological polar surface area (TPSA) is 115 Å². The summed E-state index contributed by atoms with van der Waals surface area (Å²) in [6.45, 7) is 4.05. The summed E-state index contributed by atoms with van der Waals surface area (Å²) in [5.41, 5.74) is 1.37. The lowest BCUT2D eigenvalue weighted by Crippen LogP contribution is -2.51. The molecule has 0 radical (unpaired) electrons. The van der Waals surface area contributed by atoms with E-state index in [9.17, 15) is 18.0 Å². The summed E-state index contributed by atoms with van der Waals surface area (Å²) >= 11 is 0. The molecule has 3 amide bonds. The van der Waals surface area contributed by atoms with E-state index in [1.54, 1.807) is 30.6 Å². The van der Waals surface area contributed by atoms with Crippen LogP contribution in [-0.2, 0) is 21.4 Å². The first-order valence-corrected chi connectivity index (χ1v) is 12.9. The van der Waals surface area contributed by atoms with E-state index in [0.29, 0.717) is 45.0 Å². The minimum absolute atomic E-state index is 0.126. The Morgan fingerprint density at radius 1 is 0.941 bits per heavy atom. The Labute approximate surface area is 200 Å². The number of amides is 3. The molecule has 3 heterocycles. The molecule has 0 atom stereocenters. The molecule has 2 saturated heterocycles. The highest BCUT2D eigenvalue weighted by Crippen LogP contribution is 2.20. The van der Waals surface area contributed by atoms with Crippen molar-refractivity contribution in [2.24, 2.45) is 0 Å². The van der Waals surface area contributed by atoms with E-state index in [4.69, 9.17) is 0 Å². The van der Waals surface area contributed by atoms with Crippen LogP contribution in [0, 0.1) is 0 Å². The molecule has 11 heteroatoms. The number of benzene rings is 1. The van der Waals surface area contributed by atoms with E-state index in [1.165, 1.54) is 16.4 Å². The van der Waals surface area contributed by atoms with Gasteiger partial charge < -0.3 is 15.5 Å². The van der Waals surface area contributed by atoms with Crippen LogP contribution in [-0.4, -0.2) is 85.3 Å². The molecule has 34 heavy (non-hydrogen) atoms. The Morgan fingerprint density at radius 3 is 2.29 bits per heavy atom. The van der Waals surface area contributed by atoms with Crippen LogP contribution in [0.4, 0.5) is 10.5 Å². The number of pyridine rings is 1. The molecule has 0 saturated carbocycles. The van der Waals surface area contributed by atoms with Gasteiger partial charge in [-0.15, -0.1) is 0 Å². The Balaban J connectivity index is 1.26. The lowest BCUT2D eigenvalue weighted by molar-refractivity contribution is -0.131. The van der Waals surface area contributed by atoms with Crippen LogP contribution in [0.25, 0.3) is 0 Å². The maximum Gasteiger partial charge on any atom is 0.319 e. The first kappa shape index (κ1) is 24.1. The van der Waals surface area contributed by atoms with Crippen LogP contribution in [0.1, 0.15) is 18.4 Å². The lowest BCUT2D eigenvalue weighted by atomic mass is 10.3. The predicted molar refractivity (Wildman–Crippen MR) is 128 cm³/mol. The average molecular weight is 487 g/mol. The number of hydrogen-bond donors (Lipinski definition) is 2. The number of urea groups is 1. The number of piperazine rings is 1. The van der Waals surface area contributed by atoms with Crippen molar-refractivity contribution in [1.29, 1.82) is 0 Å². The van der Waals surface area contributed by atoms with Gasteiger partial charge in [0.25, 0.3) is 0 Å². The number of rotatable bonds is 7. The fraction of sp³-hybridized carbons (Fsp3) is 0.435. The van der Waals surface area contributed by atoms with Crippen molar-refractivity contribution in [2.75, 3.05) is 51.1 Å². The molecule has 2 aliphatic heterocycles. The minimum atomic E-state index is -3.65. The molecular weight excluding hydrogens is 456 g/mol. The van der Waals surface area contributed by atoms with E-state index in [2.05, 4.69) is 15.6 Å². The number of sulfonamides is 1. The van der Waals surface area contributed by atoms with Gasteiger partial charge in [-0.05, 0) is 48.7 Å². The molecule has 2 aliphatic rings. The average Bonchev–Trinajstić information content (AvgIpc) is 3.40. The SMILES string of the molecule is O=C(NCc1cccnc1)Nc1ccc(S(=O)(=O)N2CCN(CC(=O)N3CCCC3)CC2)cc1. The first-order chi connectivity index (χ1) is 16.4. The Kier molecular flexibility index (Phi) is 7.76. The zero-order valence-corrected chi connectivity index (χ0v) is 19.8. The molecule has 4 rings (SSSR count). The van der Waals surface area contributed by atoms with Crippen LogP contribution < -0.4 is 10.6 Å². The molecule has 0 aliphatic carbocycles. The number of nitrogens with one attached hydrogen (secondary N) is 2. The number of nitrogens with zero attached hydrogens (tertiary/aromatic N) is 4. The third-order valence-corrected chi connectivity index (χ3v) is 7.99. The van der Waals surface area contributed by atoms with Gasteiger partial charge in [0.15, 0.2) is 0 Å². The Hall–Kier alpha value is -3.02. The van der Waals surface area contributed by atoms with Gasteiger partial charge in [-0.25, -0.2) is 13.2 Å². The van der Waals surface area contributed by atoms with Gasteiger partial charge >= 0.3 is 6.03 Å². The number of likely N-dealkylation sites (tertiary alicyclic amines) is 1. The summed E-state index contributed by atoms with van der Waals surface area (Å²) in [4.78, 5) is 32.5. The largest absolute Gasteiger partial charge is 0.342 e. The number of aromatic nitrogens is 1. The number of hydrogen-bond acceptors (Lipinski definition) is 6. The van der Waals surface area contributed by atoms with E-state index in [1.807, 2.05) is 15.9 Å². The van der Waals surface area contributed by atoms with Crippen molar-refractivity contribution in [1.82, 2.24) is 24.4 Å². The van der Waals surface area contributed by atoms with Crippen molar-refractivity contribution in [3.05, 3.63) is 54.4 Å². The van der Waals surface area contributed by atoms with Crippen LogP contribution in [0.15, 0.2) is 53.7 Å². The van der Waals surface area contributed by atoms with Crippen LogP contribution in [0.5, 0.6) is 0 Å². The second-order valence-corrected chi connectivity index (χ2v) is 10.4. The minimum Gasteiger partial charge on any atom is -0.342 e. The second-order valence-electron chi connectivity index (χ2n) is 8.46. The Morgan fingerprint density at radius 2 is 1.65 bits per heavy atom. The maximum absolute atomic E-state index is 13.0. The molecule has 10 nitrogen and oxygen atoms in total. The van der Waals surface area contributed by atoms with Crippen LogP contribution in [0.3, 0.4) is 0 Å². The molecule has 2 aromatic rings. The van der Waals surface area contributed by atoms with Crippen molar-refractivity contribution < 1.29 is 18.0 Å². The van der Waals surface area contributed by atoms with Gasteiger partial charge in [0.1, 0.15) is 0 Å². The van der Waals surface area contributed by atoms with E-state index in [0.717, 1.165) is 31.5 Å². The zero-order valence-electron chi connectivity index (χ0n) is 19.0. The first-order valence-electron chi connectivity index (χ1n) is 11.5. The van der Waals surface area contributed by atoms with Gasteiger partial charge in [0.2, 0.25) is 15.9 Å². The second kappa shape index (κ2) is 10.9. The highest BCUT2D eigenvalue weighted by molar-refractivity contribution is 7.89. The van der Waals surface area contributed by atoms with Crippen molar-refractivity contribution in [2.45, 2.75) is 24.3 Å². The molecular formula is C23H30N6O4S. The Bertz CT molecular complexity index is 1080. The molecule has 0 unspecified atom stereocenters. The number of carbonyl (C=O) groups excluding carboxylic acids is 2. The van der Waals surface area contributed by atoms with Crippen molar-refractivity contribution in [3.8, 4) is 0 Å². The maximum atomic E-state index is 13.0. The summed E-state index contributed by atoms with van der Waals surface area (Å²) in [6, 6.07) is 9.40. The molecule has 2 N–H and O–H groups in total. The lowest BCUT2D eigenvalue weighted by Gasteiger charge is -2.34. The van der Waals surface area contributed by atoms with Gasteiger partial charge in [-0.3, -0.25) is 14.7 Å². The van der Waals surface area contributed by atoms with Crippen molar-refractivity contribution >= 4 is 27.6 Å². The highest BCUT2D eigenvalue weighted by atomic mass is 32.2. The van der Waals surface area contributed by atoms with E-state index in [-0.39, 0.29) is 16.8 Å². The molecule has 0 bridgehead atoms. The van der Waals surface area contributed by atoms with Gasteiger partial charge in [0.05, 0.1) is 11.4 Å². The highest BCUT2D eigenvalue weighted by Gasteiger charge is 2.30. The quantitative estimate of drug-likeness (QED) is 0.610. The molecule has 182 valence electrons. The summed E-state index contributed by atoms with van der Waals surface area (Å²) in [7, 11) is -3.65. The standard InChI is InChI=1S/C23H30N6O4S/c30-22(28-10-1-2-11-28)18-27-12-14-29(15-13-27)34(32,33)21-7-5-20(6-8-21)26-23(31)25-17-19-4-3-9-24-16-19/h3-9,16H,1-2,10-15,17-18H2,(H2,25,26,31). The van der Waals surface area contributed by atoms with E-state index >= 15 is 0 Å².